The van der Waals surface area contributed by atoms with Gasteiger partial charge in [0, 0.05) is 37.6 Å². The Morgan fingerprint density at radius 1 is 1.58 bits per heavy atom. The van der Waals surface area contributed by atoms with Crippen LogP contribution in [0.4, 0.5) is 4.79 Å². The van der Waals surface area contributed by atoms with Gasteiger partial charge in [0.1, 0.15) is 0 Å². The monoisotopic (exact) mass is 283 g/mol. The van der Waals surface area contributed by atoms with Crippen LogP contribution in [0.25, 0.3) is 0 Å². The first kappa shape index (κ1) is 13.8. The van der Waals surface area contributed by atoms with Gasteiger partial charge in [-0.1, -0.05) is 0 Å². The molecule has 0 aromatic carbocycles. The number of aromatic nitrogens is 1. The van der Waals surface area contributed by atoms with Gasteiger partial charge in [0.05, 0.1) is 10.9 Å². The van der Waals surface area contributed by atoms with Gasteiger partial charge in [-0.3, -0.25) is 4.79 Å². The van der Waals surface area contributed by atoms with Crippen LogP contribution in [0.1, 0.15) is 17.8 Å². The first-order valence-corrected chi connectivity index (χ1v) is 7.18. The first-order chi connectivity index (χ1) is 9.16. The first-order valence-electron chi connectivity index (χ1n) is 6.31. The molecule has 0 unspecified atom stereocenters. The van der Waals surface area contributed by atoms with Crippen molar-refractivity contribution in [2.45, 2.75) is 19.3 Å². The third kappa shape index (κ3) is 3.92. The van der Waals surface area contributed by atoms with E-state index in [1.54, 1.807) is 22.4 Å². The average molecular weight is 283 g/mol. The second-order valence-electron chi connectivity index (χ2n) is 4.53. The number of amides is 2. The van der Waals surface area contributed by atoms with Gasteiger partial charge in [-0.25, -0.2) is 9.78 Å². The number of carboxylic acid groups (broad SMARTS) is 1. The molecule has 1 aromatic rings. The molecule has 0 spiro atoms. The number of piperidine rings is 1. The van der Waals surface area contributed by atoms with E-state index < -0.39 is 11.9 Å². The number of hydrogen-bond donors (Lipinski definition) is 2. The number of nitrogens with zero attached hydrogens (tertiary/aromatic N) is 2. The molecule has 2 rings (SSSR count). The van der Waals surface area contributed by atoms with Crippen LogP contribution in [0.3, 0.4) is 0 Å². The maximum Gasteiger partial charge on any atom is 0.317 e. The molecule has 0 bridgehead atoms. The Labute approximate surface area is 115 Å². The fraction of sp³-hybridized carbons (Fsp3) is 0.583. The van der Waals surface area contributed by atoms with Gasteiger partial charge >= 0.3 is 12.0 Å². The number of carbonyl (C=O) groups is 2. The lowest BCUT2D eigenvalue weighted by Crippen LogP contribution is -2.47. The maximum absolute atomic E-state index is 11.9. The molecule has 6 nitrogen and oxygen atoms in total. The van der Waals surface area contributed by atoms with Crippen LogP contribution >= 0.6 is 11.3 Å². The van der Waals surface area contributed by atoms with Gasteiger partial charge in [0.2, 0.25) is 0 Å². The highest BCUT2D eigenvalue weighted by Gasteiger charge is 2.27. The summed E-state index contributed by atoms with van der Waals surface area (Å²) in [6.07, 6.45) is 3.85. The van der Waals surface area contributed by atoms with E-state index >= 15 is 0 Å². The molecular weight excluding hydrogens is 266 g/mol. The standard InChI is InChI=1S/C12H17N3O3S/c16-11(17)9-2-1-6-15(8-9)12(18)14-4-3-10-13-5-7-19-10/h5,7,9H,1-4,6,8H2,(H,14,18)(H,16,17)/t9-/m1/s1. The SMILES string of the molecule is O=C(O)[C@@H]1CCCN(C(=O)NCCc2nccs2)C1. The molecule has 0 radical (unpaired) electrons. The molecular formula is C12H17N3O3S. The number of carbonyl (C=O) groups excluding carboxylic acids is 1. The van der Waals surface area contributed by atoms with Crippen molar-refractivity contribution in [2.75, 3.05) is 19.6 Å². The van der Waals surface area contributed by atoms with Crippen LogP contribution < -0.4 is 5.32 Å². The quantitative estimate of drug-likeness (QED) is 0.869. The van der Waals surface area contributed by atoms with Crippen molar-refractivity contribution in [3.05, 3.63) is 16.6 Å². The number of rotatable bonds is 4. The van der Waals surface area contributed by atoms with Crippen molar-refractivity contribution in [2.24, 2.45) is 5.92 Å². The highest BCUT2D eigenvalue weighted by Crippen LogP contribution is 2.16. The normalized spacial score (nSPS) is 19.2. The predicted octanol–water partition coefficient (Wildman–Crippen LogP) is 1.19. The predicted molar refractivity (Wildman–Crippen MR) is 71.1 cm³/mol. The van der Waals surface area contributed by atoms with Gasteiger partial charge in [-0.2, -0.15) is 0 Å². The van der Waals surface area contributed by atoms with Crippen molar-refractivity contribution in [3.63, 3.8) is 0 Å². The molecule has 0 saturated carbocycles. The molecule has 19 heavy (non-hydrogen) atoms. The maximum atomic E-state index is 11.9. The van der Waals surface area contributed by atoms with Crippen LogP contribution in [-0.4, -0.2) is 46.6 Å². The second-order valence-corrected chi connectivity index (χ2v) is 5.51. The minimum absolute atomic E-state index is 0.178. The van der Waals surface area contributed by atoms with Crippen LogP contribution in [0.15, 0.2) is 11.6 Å². The highest BCUT2D eigenvalue weighted by molar-refractivity contribution is 7.09. The summed E-state index contributed by atoms with van der Waals surface area (Å²) in [5.74, 6) is -1.25. The molecule has 1 aliphatic heterocycles. The minimum Gasteiger partial charge on any atom is -0.481 e. The van der Waals surface area contributed by atoms with E-state index in [1.165, 1.54) is 0 Å². The van der Waals surface area contributed by atoms with E-state index in [1.807, 2.05) is 5.38 Å². The van der Waals surface area contributed by atoms with Crippen molar-refractivity contribution < 1.29 is 14.7 Å². The topological polar surface area (TPSA) is 82.5 Å². The Morgan fingerprint density at radius 2 is 2.42 bits per heavy atom. The lowest BCUT2D eigenvalue weighted by molar-refractivity contribution is -0.143. The summed E-state index contributed by atoms with van der Waals surface area (Å²) >= 11 is 1.56. The zero-order valence-electron chi connectivity index (χ0n) is 10.5. The summed E-state index contributed by atoms with van der Waals surface area (Å²) in [5, 5.41) is 14.7. The number of carboxylic acids is 1. The van der Waals surface area contributed by atoms with Crippen molar-refractivity contribution in [1.29, 1.82) is 0 Å². The summed E-state index contributed by atoms with van der Waals surface area (Å²) < 4.78 is 0. The van der Waals surface area contributed by atoms with Crippen molar-refractivity contribution >= 4 is 23.3 Å². The van der Waals surface area contributed by atoms with E-state index in [4.69, 9.17) is 5.11 Å². The Morgan fingerprint density at radius 3 is 3.11 bits per heavy atom. The number of nitrogens with one attached hydrogen (secondary N) is 1. The summed E-state index contributed by atoms with van der Waals surface area (Å²) in [7, 11) is 0. The zero-order valence-corrected chi connectivity index (χ0v) is 11.4. The molecule has 1 aliphatic rings. The molecule has 1 saturated heterocycles. The Kier molecular flexibility index (Phi) is 4.73. The number of aliphatic carboxylic acids is 1. The summed E-state index contributed by atoms with van der Waals surface area (Å²) in [5.41, 5.74) is 0. The van der Waals surface area contributed by atoms with Crippen LogP contribution in [-0.2, 0) is 11.2 Å². The molecule has 2 heterocycles. The fourth-order valence-corrected chi connectivity index (χ4v) is 2.75. The summed E-state index contributed by atoms with van der Waals surface area (Å²) in [4.78, 5) is 28.6. The lowest BCUT2D eigenvalue weighted by atomic mass is 9.99. The lowest BCUT2D eigenvalue weighted by Gasteiger charge is -2.30. The third-order valence-electron chi connectivity index (χ3n) is 3.16. The highest BCUT2D eigenvalue weighted by atomic mass is 32.1. The molecule has 1 fully saturated rings. The minimum atomic E-state index is -0.819. The molecule has 2 N–H and O–H groups in total. The Balaban J connectivity index is 1.74. The number of urea groups is 1. The van der Waals surface area contributed by atoms with Crippen molar-refractivity contribution in [3.8, 4) is 0 Å². The van der Waals surface area contributed by atoms with Crippen molar-refractivity contribution in [1.82, 2.24) is 15.2 Å². The van der Waals surface area contributed by atoms with Crippen LogP contribution in [0, 0.1) is 5.92 Å². The zero-order chi connectivity index (χ0) is 13.7. The van der Waals surface area contributed by atoms with E-state index in [9.17, 15) is 9.59 Å². The summed E-state index contributed by atoms with van der Waals surface area (Å²) in [6, 6.07) is -0.178. The molecule has 104 valence electrons. The molecule has 7 heteroatoms. The Bertz CT molecular complexity index is 435. The van der Waals surface area contributed by atoms with Gasteiger partial charge in [0.25, 0.3) is 0 Å². The summed E-state index contributed by atoms with van der Waals surface area (Å²) in [6.45, 7) is 1.46. The van der Waals surface area contributed by atoms with Crippen LogP contribution in [0.2, 0.25) is 0 Å². The smallest absolute Gasteiger partial charge is 0.317 e. The van der Waals surface area contributed by atoms with Gasteiger partial charge in [-0.05, 0) is 12.8 Å². The van der Waals surface area contributed by atoms with Gasteiger partial charge < -0.3 is 15.3 Å². The Hall–Kier alpha value is -1.63. The van der Waals surface area contributed by atoms with Gasteiger partial charge in [0.15, 0.2) is 0 Å². The largest absolute Gasteiger partial charge is 0.481 e. The molecule has 2 amide bonds. The van der Waals surface area contributed by atoms with E-state index in [-0.39, 0.29) is 6.03 Å². The van der Waals surface area contributed by atoms with E-state index in [2.05, 4.69) is 10.3 Å². The number of hydrogen-bond acceptors (Lipinski definition) is 4. The molecule has 1 atom stereocenters. The second kappa shape index (κ2) is 6.51. The van der Waals surface area contributed by atoms with Gasteiger partial charge in [-0.15, -0.1) is 11.3 Å². The number of thiazole rings is 1. The van der Waals surface area contributed by atoms with Crippen LogP contribution in [0.5, 0.6) is 0 Å². The fourth-order valence-electron chi connectivity index (χ4n) is 2.13. The van der Waals surface area contributed by atoms with E-state index in [0.29, 0.717) is 32.5 Å². The third-order valence-corrected chi connectivity index (χ3v) is 4.00. The molecule has 1 aromatic heterocycles. The van der Waals surface area contributed by atoms with E-state index in [0.717, 1.165) is 11.4 Å². The molecule has 0 aliphatic carbocycles. The average Bonchev–Trinajstić information content (AvgIpc) is 2.92. The number of likely N-dealkylation sites (tertiary alicyclic amines) is 1.